The lowest BCUT2D eigenvalue weighted by Crippen LogP contribution is -2.16. The highest BCUT2D eigenvalue weighted by atomic mass is 32.2. The van der Waals surface area contributed by atoms with Crippen LogP contribution in [0.4, 0.5) is 19.0 Å². The molecule has 0 bridgehead atoms. The Labute approximate surface area is 116 Å². The first-order chi connectivity index (χ1) is 9.38. The Morgan fingerprint density at radius 3 is 2.40 bits per heavy atom. The minimum atomic E-state index is -4.66. The highest BCUT2D eigenvalue weighted by molar-refractivity contribution is 7.99. The van der Waals surface area contributed by atoms with Crippen molar-refractivity contribution in [3.63, 3.8) is 0 Å². The van der Waals surface area contributed by atoms with Gasteiger partial charge in [0.2, 0.25) is 5.82 Å². The van der Waals surface area contributed by atoms with Gasteiger partial charge in [-0.1, -0.05) is 0 Å². The summed E-state index contributed by atoms with van der Waals surface area (Å²) in [6.07, 6.45) is -1.54. The van der Waals surface area contributed by atoms with Crippen LogP contribution in [0.15, 0.2) is 28.6 Å². The van der Waals surface area contributed by atoms with Crippen LogP contribution >= 0.6 is 11.8 Å². The summed E-state index contributed by atoms with van der Waals surface area (Å²) in [6.45, 7) is 1.80. The average Bonchev–Trinajstić information content (AvgIpc) is 2.40. The lowest BCUT2D eigenvalue weighted by Gasteiger charge is -2.09. The van der Waals surface area contributed by atoms with Crippen LogP contribution < -0.4 is 11.3 Å². The Hall–Kier alpha value is -1.94. The Morgan fingerprint density at radius 1 is 1.20 bits per heavy atom. The Balaban J connectivity index is 2.33. The number of nitrogen functional groups attached to an aromatic ring is 1. The van der Waals surface area contributed by atoms with E-state index < -0.39 is 12.0 Å². The molecule has 0 aliphatic rings. The molecule has 0 aliphatic carbocycles. The van der Waals surface area contributed by atoms with Gasteiger partial charge in [-0.05, 0) is 24.2 Å². The zero-order valence-corrected chi connectivity index (χ0v) is 11.0. The molecule has 0 radical (unpaired) electrons. The first kappa shape index (κ1) is 14.5. The summed E-state index contributed by atoms with van der Waals surface area (Å²) in [5.74, 6) is 3.68. The van der Waals surface area contributed by atoms with Crippen molar-refractivity contribution in [2.75, 3.05) is 5.43 Å². The molecule has 2 aromatic heterocycles. The number of nitrogens with one attached hydrogen (secondary N) is 1. The number of hydrazine groups is 1. The number of hydrogen-bond donors (Lipinski definition) is 2. The predicted molar refractivity (Wildman–Crippen MR) is 65.7 cm³/mol. The molecule has 0 fully saturated rings. The summed E-state index contributed by atoms with van der Waals surface area (Å²) >= 11 is 0.887. The summed E-state index contributed by atoms with van der Waals surface area (Å²) in [5, 5.41) is 0.328. The van der Waals surface area contributed by atoms with Gasteiger partial charge in [0.25, 0.3) is 0 Å². The SMILES string of the molecule is Cc1cnc(Sc2cc(NN)nc(C(F)(F)F)n2)nc1. The van der Waals surface area contributed by atoms with Crippen molar-refractivity contribution in [2.24, 2.45) is 5.84 Å². The second-order valence-corrected chi connectivity index (χ2v) is 4.69. The lowest BCUT2D eigenvalue weighted by atomic mass is 10.4. The molecule has 0 aliphatic heterocycles. The summed E-state index contributed by atoms with van der Waals surface area (Å²) in [4.78, 5) is 14.6. The van der Waals surface area contributed by atoms with E-state index in [1.54, 1.807) is 19.3 Å². The summed E-state index contributed by atoms with van der Waals surface area (Å²) in [5.41, 5.74) is 2.91. The third-order valence-corrected chi connectivity index (χ3v) is 2.87. The Morgan fingerprint density at radius 2 is 1.85 bits per heavy atom. The van der Waals surface area contributed by atoms with Crippen LogP contribution in [0.25, 0.3) is 0 Å². The fourth-order valence-corrected chi connectivity index (χ4v) is 1.91. The van der Waals surface area contributed by atoms with Crippen molar-refractivity contribution in [3.05, 3.63) is 29.8 Å². The van der Waals surface area contributed by atoms with E-state index in [0.717, 1.165) is 17.3 Å². The molecule has 0 atom stereocenters. The zero-order valence-electron chi connectivity index (χ0n) is 10.1. The van der Waals surface area contributed by atoms with Crippen LogP contribution in [0.5, 0.6) is 0 Å². The van der Waals surface area contributed by atoms with Gasteiger partial charge in [-0.25, -0.2) is 25.8 Å². The van der Waals surface area contributed by atoms with Gasteiger partial charge in [0.15, 0.2) is 5.16 Å². The molecule has 0 amide bonds. The number of aromatic nitrogens is 4. The van der Waals surface area contributed by atoms with Gasteiger partial charge in [-0.2, -0.15) is 13.2 Å². The lowest BCUT2D eigenvalue weighted by molar-refractivity contribution is -0.145. The quantitative estimate of drug-likeness (QED) is 0.388. The van der Waals surface area contributed by atoms with Gasteiger partial charge in [0, 0.05) is 18.5 Å². The summed E-state index contributed by atoms with van der Waals surface area (Å²) < 4.78 is 37.9. The van der Waals surface area contributed by atoms with Crippen molar-refractivity contribution >= 4 is 17.6 Å². The maximum Gasteiger partial charge on any atom is 0.451 e. The monoisotopic (exact) mass is 302 g/mol. The normalized spacial score (nSPS) is 11.4. The van der Waals surface area contributed by atoms with Crippen LogP contribution in [0, 0.1) is 6.92 Å². The Bertz CT molecular complexity index is 601. The number of nitrogens with zero attached hydrogens (tertiary/aromatic N) is 4. The van der Waals surface area contributed by atoms with Crippen molar-refractivity contribution < 1.29 is 13.2 Å². The van der Waals surface area contributed by atoms with E-state index >= 15 is 0 Å². The number of halogens is 3. The van der Waals surface area contributed by atoms with Crippen molar-refractivity contribution in [2.45, 2.75) is 23.3 Å². The fraction of sp³-hybridized carbons (Fsp3) is 0.200. The van der Waals surface area contributed by atoms with Crippen LogP contribution in [0.2, 0.25) is 0 Å². The number of hydrogen-bond acceptors (Lipinski definition) is 7. The van der Waals surface area contributed by atoms with Gasteiger partial charge in [-0.15, -0.1) is 0 Å². The average molecular weight is 302 g/mol. The molecular weight excluding hydrogens is 293 g/mol. The van der Waals surface area contributed by atoms with E-state index in [4.69, 9.17) is 5.84 Å². The van der Waals surface area contributed by atoms with E-state index in [-0.39, 0.29) is 16.0 Å². The maximum absolute atomic E-state index is 12.6. The molecule has 0 saturated carbocycles. The fourth-order valence-electron chi connectivity index (χ4n) is 1.20. The van der Waals surface area contributed by atoms with Crippen molar-refractivity contribution in [1.29, 1.82) is 0 Å². The highest BCUT2D eigenvalue weighted by Crippen LogP contribution is 2.30. The van der Waals surface area contributed by atoms with E-state index in [0.29, 0.717) is 0 Å². The minimum Gasteiger partial charge on any atom is -0.308 e. The minimum absolute atomic E-state index is 0.0455. The van der Waals surface area contributed by atoms with Crippen LogP contribution in [-0.4, -0.2) is 19.9 Å². The molecule has 0 unspecified atom stereocenters. The molecule has 2 aromatic rings. The first-order valence-electron chi connectivity index (χ1n) is 5.28. The van der Waals surface area contributed by atoms with E-state index in [1.165, 1.54) is 6.07 Å². The van der Waals surface area contributed by atoms with E-state index in [1.807, 2.05) is 0 Å². The highest BCUT2D eigenvalue weighted by Gasteiger charge is 2.35. The van der Waals surface area contributed by atoms with Crippen molar-refractivity contribution in [1.82, 2.24) is 19.9 Å². The molecule has 0 spiro atoms. The number of nitrogens with two attached hydrogens (primary N) is 1. The van der Waals surface area contributed by atoms with Gasteiger partial charge in [-0.3, -0.25) is 0 Å². The van der Waals surface area contributed by atoms with Gasteiger partial charge in [0.05, 0.1) is 0 Å². The number of alkyl halides is 3. The maximum atomic E-state index is 12.6. The van der Waals surface area contributed by atoms with Gasteiger partial charge < -0.3 is 5.43 Å². The van der Waals surface area contributed by atoms with Crippen LogP contribution in [0.3, 0.4) is 0 Å². The smallest absolute Gasteiger partial charge is 0.308 e. The second kappa shape index (κ2) is 5.59. The molecule has 106 valence electrons. The van der Waals surface area contributed by atoms with Gasteiger partial charge in [0.1, 0.15) is 10.8 Å². The number of anilines is 1. The molecule has 6 nitrogen and oxygen atoms in total. The zero-order chi connectivity index (χ0) is 14.8. The van der Waals surface area contributed by atoms with Crippen molar-refractivity contribution in [3.8, 4) is 0 Å². The number of aryl methyl sites for hydroxylation is 1. The molecule has 2 rings (SSSR count). The summed E-state index contributed by atoms with van der Waals surface area (Å²) in [6, 6.07) is 1.28. The first-order valence-corrected chi connectivity index (χ1v) is 6.09. The van der Waals surface area contributed by atoms with E-state index in [2.05, 4.69) is 25.4 Å². The molecule has 0 aromatic carbocycles. The van der Waals surface area contributed by atoms with Crippen LogP contribution in [-0.2, 0) is 6.18 Å². The third kappa shape index (κ3) is 3.54. The standard InChI is InChI=1S/C10H9F3N6S/c1-5-3-15-9(16-4-5)20-7-2-6(19-14)17-8(18-7)10(11,12)13/h2-4H,14H2,1H3,(H,17,18,19). The Kier molecular flexibility index (Phi) is 4.04. The van der Waals surface area contributed by atoms with E-state index in [9.17, 15) is 13.2 Å². The molecule has 3 N–H and O–H groups in total. The molecular formula is C10H9F3N6S. The molecule has 20 heavy (non-hydrogen) atoms. The van der Waals surface area contributed by atoms with Gasteiger partial charge >= 0.3 is 6.18 Å². The second-order valence-electron chi connectivity index (χ2n) is 3.70. The summed E-state index contributed by atoms with van der Waals surface area (Å²) in [7, 11) is 0. The number of rotatable bonds is 3. The largest absolute Gasteiger partial charge is 0.451 e. The third-order valence-electron chi connectivity index (χ3n) is 2.06. The predicted octanol–water partition coefficient (Wildman–Crippen LogP) is 2.03. The molecule has 0 saturated heterocycles. The topological polar surface area (TPSA) is 89.6 Å². The molecule has 10 heteroatoms. The van der Waals surface area contributed by atoms with Crippen LogP contribution in [0.1, 0.15) is 11.4 Å². The molecule has 2 heterocycles.